The summed E-state index contributed by atoms with van der Waals surface area (Å²) >= 11 is 0. The Morgan fingerprint density at radius 1 is 0.931 bits per heavy atom. The molecule has 0 N–H and O–H groups in total. The number of allylic oxidation sites excluding steroid dienone is 3. The molecule has 0 saturated heterocycles. The van der Waals surface area contributed by atoms with Crippen molar-refractivity contribution in [1.29, 1.82) is 0 Å². The first kappa shape index (κ1) is 22.6. The normalized spacial score (nSPS) is 13.6. The predicted molar refractivity (Wildman–Crippen MR) is 118 cm³/mol. The van der Waals surface area contributed by atoms with Crippen LogP contribution >= 0.6 is 0 Å². The molecule has 2 aromatic rings. The molecule has 2 rings (SSSR count). The summed E-state index contributed by atoms with van der Waals surface area (Å²) in [7, 11) is 1.43. The lowest BCUT2D eigenvalue weighted by atomic mass is 10.1. The largest absolute Gasteiger partial charge is 0.469 e. The zero-order valence-electron chi connectivity index (χ0n) is 17.5. The molecule has 2 atom stereocenters. The molecule has 29 heavy (non-hydrogen) atoms. The molecule has 0 unspecified atom stereocenters. The van der Waals surface area contributed by atoms with E-state index in [9.17, 15) is 4.79 Å². The second kappa shape index (κ2) is 13.5. The first-order valence-corrected chi connectivity index (χ1v) is 10.3. The van der Waals surface area contributed by atoms with E-state index in [0.29, 0.717) is 13.0 Å². The molecule has 0 aliphatic heterocycles. The zero-order chi connectivity index (χ0) is 20.7. The summed E-state index contributed by atoms with van der Waals surface area (Å²) in [6.45, 7) is 2.63. The van der Waals surface area contributed by atoms with E-state index in [1.807, 2.05) is 31.2 Å². The molecule has 154 valence electrons. The van der Waals surface area contributed by atoms with Gasteiger partial charge in [0, 0.05) is 0 Å². The number of hydrogen-bond acceptors (Lipinski definition) is 3. The van der Waals surface area contributed by atoms with E-state index >= 15 is 0 Å². The minimum absolute atomic E-state index is 0.0447. The highest BCUT2D eigenvalue weighted by Gasteiger charge is 2.10. The van der Waals surface area contributed by atoms with Gasteiger partial charge in [0.15, 0.2) is 0 Å². The smallest absolute Gasteiger partial charge is 0.306 e. The molecule has 0 saturated carbocycles. The van der Waals surface area contributed by atoms with Gasteiger partial charge in [-0.25, -0.2) is 0 Å². The van der Waals surface area contributed by atoms with Crippen molar-refractivity contribution in [3.8, 4) is 0 Å². The summed E-state index contributed by atoms with van der Waals surface area (Å²) < 4.78 is 10.9. The number of ether oxygens (including phenoxy) is 2. The van der Waals surface area contributed by atoms with Gasteiger partial charge < -0.3 is 9.47 Å². The molecule has 0 aliphatic carbocycles. The van der Waals surface area contributed by atoms with Crippen LogP contribution in [0.15, 0.2) is 85.0 Å². The van der Waals surface area contributed by atoms with Crippen molar-refractivity contribution in [3.63, 3.8) is 0 Å². The van der Waals surface area contributed by atoms with Crippen molar-refractivity contribution >= 4 is 5.97 Å². The number of rotatable bonds is 12. The Labute approximate surface area is 175 Å². The van der Waals surface area contributed by atoms with Gasteiger partial charge in [-0.3, -0.25) is 4.79 Å². The number of hydrogen-bond donors (Lipinski definition) is 0. The molecule has 3 nitrogen and oxygen atoms in total. The second-order valence-electron chi connectivity index (χ2n) is 7.17. The fraction of sp³-hybridized carbons (Fsp3) is 0.346. The van der Waals surface area contributed by atoms with Gasteiger partial charge in [-0.1, -0.05) is 91.9 Å². The van der Waals surface area contributed by atoms with Gasteiger partial charge in [0.25, 0.3) is 0 Å². The highest BCUT2D eigenvalue weighted by atomic mass is 16.5. The predicted octanol–water partition coefficient (Wildman–Crippen LogP) is 6.43. The van der Waals surface area contributed by atoms with Crippen molar-refractivity contribution in [2.24, 2.45) is 5.92 Å². The van der Waals surface area contributed by atoms with Crippen LogP contribution in [0, 0.1) is 5.92 Å². The molecule has 0 bridgehead atoms. The monoisotopic (exact) mass is 392 g/mol. The van der Waals surface area contributed by atoms with E-state index in [1.165, 1.54) is 18.2 Å². The molecule has 0 amide bonds. The van der Waals surface area contributed by atoms with E-state index in [4.69, 9.17) is 9.47 Å². The van der Waals surface area contributed by atoms with Crippen LogP contribution in [0.25, 0.3) is 0 Å². The van der Waals surface area contributed by atoms with Crippen LogP contribution in [0.1, 0.15) is 49.8 Å². The van der Waals surface area contributed by atoms with Gasteiger partial charge in [0.05, 0.1) is 26.2 Å². The maximum atomic E-state index is 11.2. The van der Waals surface area contributed by atoms with Crippen molar-refractivity contribution in [3.05, 3.63) is 96.1 Å². The molecule has 3 heteroatoms. The summed E-state index contributed by atoms with van der Waals surface area (Å²) in [4.78, 5) is 11.2. The molecule has 2 aromatic carbocycles. The van der Waals surface area contributed by atoms with Crippen LogP contribution in [-0.2, 0) is 20.9 Å². The summed E-state index contributed by atoms with van der Waals surface area (Å²) in [5.74, 6) is 0.0461. The summed E-state index contributed by atoms with van der Waals surface area (Å²) in [6.07, 6.45) is 11.9. The van der Waals surface area contributed by atoms with Crippen molar-refractivity contribution < 1.29 is 14.3 Å². The summed E-state index contributed by atoms with van der Waals surface area (Å²) in [6, 6.07) is 20.6. The van der Waals surface area contributed by atoms with Crippen molar-refractivity contribution in [2.75, 3.05) is 7.11 Å². The van der Waals surface area contributed by atoms with Gasteiger partial charge >= 0.3 is 5.97 Å². The quantitative estimate of drug-likeness (QED) is 0.237. The van der Waals surface area contributed by atoms with Crippen molar-refractivity contribution in [1.82, 2.24) is 0 Å². The molecule has 0 fully saturated rings. The number of unbranched alkanes of at least 4 members (excludes halogenated alkanes) is 1. The van der Waals surface area contributed by atoms with Gasteiger partial charge in [-0.2, -0.15) is 0 Å². The lowest BCUT2D eigenvalue weighted by Crippen LogP contribution is -2.04. The average Bonchev–Trinajstić information content (AvgIpc) is 2.76. The molecular formula is C26H32O3. The van der Waals surface area contributed by atoms with E-state index < -0.39 is 0 Å². The van der Waals surface area contributed by atoms with Crippen LogP contribution in [0.3, 0.4) is 0 Å². The van der Waals surface area contributed by atoms with Crippen molar-refractivity contribution in [2.45, 2.75) is 45.3 Å². The Balaban J connectivity index is 1.79. The van der Waals surface area contributed by atoms with Gasteiger partial charge in [-0.05, 0) is 36.3 Å². The Bertz CT molecular complexity index is 750. The standard InChI is InChI=1S/C26H32O3/c1-22(20-26(27)28-2)14-8-4-3-5-13-19-25(24-17-11-7-12-18-24)29-21-23-15-9-6-10-16-23/h5-18,22,25H,3-4,19-21H2,1-2H3/b13-5-,14-8+/t22-,25+/m0/s1. The Kier molecular flexibility index (Phi) is 10.5. The minimum atomic E-state index is -0.162. The first-order chi connectivity index (χ1) is 14.2. The summed E-state index contributed by atoms with van der Waals surface area (Å²) in [5.41, 5.74) is 2.38. The minimum Gasteiger partial charge on any atom is -0.469 e. The van der Waals surface area contributed by atoms with E-state index in [-0.39, 0.29) is 18.0 Å². The third-order valence-electron chi connectivity index (χ3n) is 4.66. The molecule has 0 heterocycles. The zero-order valence-corrected chi connectivity index (χ0v) is 17.5. The van der Waals surface area contributed by atoms with Crippen LogP contribution < -0.4 is 0 Å². The number of esters is 1. The van der Waals surface area contributed by atoms with Gasteiger partial charge in [0.1, 0.15) is 0 Å². The Morgan fingerprint density at radius 2 is 1.59 bits per heavy atom. The van der Waals surface area contributed by atoms with E-state index in [0.717, 1.165) is 19.3 Å². The highest BCUT2D eigenvalue weighted by molar-refractivity contribution is 5.69. The lowest BCUT2D eigenvalue weighted by Gasteiger charge is -2.17. The maximum Gasteiger partial charge on any atom is 0.306 e. The average molecular weight is 393 g/mol. The number of methoxy groups -OCH3 is 1. The van der Waals surface area contributed by atoms with E-state index in [2.05, 4.69) is 60.7 Å². The van der Waals surface area contributed by atoms with Crippen LogP contribution in [0.4, 0.5) is 0 Å². The molecule has 0 radical (unpaired) electrons. The van der Waals surface area contributed by atoms with Crippen LogP contribution in [-0.4, -0.2) is 13.1 Å². The fourth-order valence-corrected chi connectivity index (χ4v) is 3.01. The third-order valence-corrected chi connectivity index (χ3v) is 4.66. The molecular weight excluding hydrogens is 360 g/mol. The fourth-order valence-electron chi connectivity index (χ4n) is 3.01. The third kappa shape index (κ3) is 9.40. The SMILES string of the molecule is COC(=O)C[C@@H](C)/C=C/CC/C=C\C[C@@H](OCc1ccccc1)c1ccccc1. The molecule has 0 aliphatic rings. The molecule has 0 spiro atoms. The summed E-state index contributed by atoms with van der Waals surface area (Å²) in [5, 5.41) is 0. The highest BCUT2D eigenvalue weighted by Crippen LogP contribution is 2.23. The number of carbonyl (C=O) groups is 1. The van der Waals surface area contributed by atoms with Crippen LogP contribution in [0.2, 0.25) is 0 Å². The topological polar surface area (TPSA) is 35.5 Å². The van der Waals surface area contributed by atoms with Gasteiger partial charge in [0.2, 0.25) is 0 Å². The number of benzene rings is 2. The Hall–Kier alpha value is -2.65. The van der Waals surface area contributed by atoms with Crippen LogP contribution in [0.5, 0.6) is 0 Å². The van der Waals surface area contributed by atoms with E-state index in [1.54, 1.807) is 0 Å². The lowest BCUT2D eigenvalue weighted by molar-refractivity contribution is -0.141. The Morgan fingerprint density at radius 3 is 2.28 bits per heavy atom. The maximum absolute atomic E-state index is 11.2. The first-order valence-electron chi connectivity index (χ1n) is 10.3. The number of carbonyl (C=O) groups excluding carboxylic acids is 1. The molecule has 0 aromatic heterocycles. The van der Waals surface area contributed by atoms with Gasteiger partial charge in [-0.15, -0.1) is 0 Å². The second-order valence-corrected chi connectivity index (χ2v) is 7.17.